The van der Waals surface area contributed by atoms with Crippen LogP contribution in [0.25, 0.3) is 10.8 Å². The summed E-state index contributed by atoms with van der Waals surface area (Å²) < 4.78 is 20.0. The number of amides is 1. The topological polar surface area (TPSA) is 66.4 Å². The molecule has 0 fully saturated rings. The maximum absolute atomic E-state index is 11.8. The fraction of sp³-hybridized carbons (Fsp3) is 0.133. The lowest BCUT2D eigenvalue weighted by Crippen LogP contribution is -2.34. The molecule has 2 unspecified atom stereocenters. The molecule has 2 aromatic carbocycles. The molecule has 1 aliphatic rings. The summed E-state index contributed by atoms with van der Waals surface area (Å²) in [5.41, 5.74) is 1.02. The van der Waals surface area contributed by atoms with Crippen molar-refractivity contribution in [2.45, 2.75) is 12.5 Å². The van der Waals surface area contributed by atoms with Crippen LogP contribution in [0.1, 0.15) is 18.0 Å². The minimum atomic E-state index is -2.23. The van der Waals surface area contributed by atoms with Gasteiger partial charge in [-0.2, -0.15) is 0 Å². The Labute approximate surface area is 118 Å². The van der Waals surface area contributed by atoms with Crippen LogP contribution in [0, 0.1) is 0 Å². The van der Waals surface area contributed by atoms with E-state index >= 15 is 0 Å². The van der Waals surface area contributed by atoms with Crippen LogP contribution in [-0.4, -0.2) is 14.7 Å². The summed E-state index contributed by atoms with van der Waals surface area (Å²) >= 11 is -2.23. The van der Waals surface area contributed by atoms with E-state index in [9.17, 15) is 9.00 Å². The molecule has 1 heterocycles. The first-order valence-electron chi connectivity index (χ1n) is 6.26. The maximum Gasteiger partial charge on any atom is 0.262 e. The van der Waals surface area contributed by atoms with Gasteiger partial charge in [-0.15, -0.1) is 0 Å². The number of carbonyl (C=O) groups is 1. The van der Waals surface area contributed by atoms with Gasteiger partial charge in [-0.1, -0.05) is 48.5 Å². The highest BCUT2D eigenvalue weighted by Crippen LogP contribution is 2.29. The second kappa shape index (κ2) is 5.19. The van der Waals surface area contributed by atoms with E-state index in [1.807, 2.05) is 42.5 Å². The first kappa shape index (κ1) is 13.0. The standard InChI is InChI=1S/C15H13NO3S/c17-15-14(20(18)19)9-8-13(16-15)12-7-3-5-10-4-1-2-6-11(10)12/h1-7,9,13H,8H2,(H,16,17)(H,18,19). The number of hydrogen-bond donors (Lipinski definition) is 2. The molecule has 0 spiro atoms. The average molecular weight is 287 g/mol. The van der Waals surface area contributed by atoms with Crippen LogP contribution in [0.15, 0.2) is 53.4 Å². The van der Waals surface area contributed by atoms with E-state index in [1.54, 1.807) is 6.08 Å². The zero-order valence-corrected chi connectivity index (χ0v) is 11.4. The summed E-state index contributed by atoms with van der Waals surface area (Å²) in [5, 5.41) is 4.99. The Kier molecular flexibility index (Phi) is 3.38. The van der Waals surface area contributed by atoms with Crippen LogP contribution < -0.4 is 5.32 Å². The Morgan fingerprint density at radius 2 is 1.90 bits per heavy atom. The van der Waals surface area contributed by atoms with Crippen molar-refractivity contribution in [2.24, 2.45) is 0 Å². The highest BCUT2D eigenvalue weighted by molar-refractivity contribution is 7.84. The van der Waals surface area contributed by atoms with E-state index in [-0.39, 0.29) is 10.9 Å². The van der Waals surface area contributed by atoms with Gasteiger partial charge in [-0.25, -0.2) is 4.21 Å². The van der Waals surface area contributed by atoms with Crippen LogP contribution in [0.5, 0.6) is 0 Å². The molecule has 20 heavy (non-hydrogen) atoms. The number of benzene rings is 2. The third-order valence-electron chi connectivity index (χ3n) is 3.45. The second-order valence-electron chi connectivity index (χ2n) is 4.65. The Morgan fingerprint density at radius 3 is 2.65 bits per heavy atom. The highest BCUT2D eigenvalue weighted by atomic mass is 32.2. The molecule has 4 nitrogen and oxygen atoms in total. The van der Waals surface area contributed by atoms with Gasteiger partial charge in [0.25, 0.3) is 5.91 Å². The van der Waals surface area contributed by atoms with E-state index in [4.69, 9.17) is 4.55 Å². The van der Waals surface area contributed by atoms with Crippen molar-refractivity contribution in [2.75, 3.05) is 0 Å². The Hall–Kier alpha value is -1.98. The van der Waals surface area contributed by atoms with Gasteiger partial charge >= 0.3 is 0 Å². The summed E-state index contributed by atoms with van der Waals surface area (Å²) in [6.07, 6.45) is 2.06. The number of rotatable bonds is 2. The minimum absolute atomic E-state index is 0.0681. The van der Waals surface area contributed by atoms with E-state index in [0.29, 0.717) is 6.42 Å². The summed E-state index contributed by atoms with van der Waals surface area (Å²) in [7, 11) is 0. The lowest BCUT2D eigenvalue weighted by Gasteiger charge is -2.23. The largest absolute Gasteiger partial charge is 0.344 e. The smallest absolute Gasteiger partial charge is 0.262 e. The van der Waals surface area contributed by atoms with Crippen molar-refractivity contribution >= 4 is 27.8 Å². The Bertz CT molecular complexity index is 733. The van der Waals surface area contributed by atoms with E-state index in [2.05, 4.69) is 5.32 Å². The van der Waals surface area contributed by atoms with Crippen molar-refractivity contribution in [1.82, 2.24) is 5.32 Å². The van der Waals surface area contributed by atoms with Crippen LogP contribution in [0.2, 0.25) is 0 Å². The average Bonchev–Trinajstić information content (AvgIpc) is 2.46. The molecule has 1 amide bonds. The quantitative estimate of drug-likeness (QED) is 0.834. The van der Waals surface area contributed by atoms with Crippen LogP contribution >= 0.6 is 0 Å². The molecule has 0 bridgehead atoms. The van der Waals surface area contributed by atoms with Crippen molar-refractivity contribution < 1.29 is 13.6 Å². The van der Waals surface area contributed by atoms with Crippen molar-refractivity contribution in [1.29, 1.82) is 0 Å². The molecule has 102 valence electrons. The predicted octanol–water partition coefficient (Wildman–Crippen LogP) is 2.51. The van der Waals surface area contributed by atoms with Crippen LogP contribution in [0.4, 0.5) is 0 Å². The van der Waals surface area contributed by atoms with Gasteiger partial charge in [0.1, 0.15) is 4.91 Å². The normalized spacial score (nSPS) is 20.4. The number of nitrogens with one attached hydrogen (secondary N) is 1. The minimum Gasteiger partial charge on any atom is -0.344 e. The van der Waals surface area contributed by atoms with Crippen LogP contribution in [0.3, 0.4) is 0 Å². The first-order valence-corrected chi connectivity index (χ1v) is 7.37. The summed E-state index contributed by atoms with van der Waals surface area (Å²) in [4.78, 5) is 11.8. The van der Waals surface area contributed by atoms with Gasteiger partial charge in [-0.05, 0) is 22.8 Å². The van der Waals surface area contributed by atoms with Crippen molar-refractivity contribution in [3.05, 3.63) is 59.0 Å². The Morgan fingerprint density at radius 1 is 1.15 bits per heavy atom. The summed E-state index contributed by atoms with van der Waals surface area (Å²) in [6, 6.07) is 13.7. The van der Waals surface area contributed by atoms with Gasteiger partial charge in [0, 0.05) is 0 Å². The molecule has 0 aromatic heterocycles. The van der Waals surface area contributed by atoms with E-state index in [1.165, 1.54) is 0 Å². The second-order valence-corrected chi connectivity index (χ2v) is 5.59. The zero-order chi connectivity index (χ0) is 14.1. The lowest BCUT2D eigenvalue weighted by molar-refractivity contribution is -0.117. The lowest BCUT2D eigenvalue weighted by atomic mass is 9.95. The third kappa shape index (κ3) is 2.26. The van der Waals surface area contributed by atoms with Gasteiger partial charge in [0.2, 0.25) is 0 Å². The molecule has 5 heteroatoms. The molecule has 0 saturated heterocycles. The molecule has 0 aliphatic carbocycles. The Balaban J connectivity index is 2.02. The maximum atomic E-state index is 11.8. The fourth-order valence-corrected chi connectivity index (χ4v) is 2.97. The monoisotopic (exact) mass is 287 g/mol. The van der Waals surface area contributed by atoms with Crippen molar-refractivity contribution in [3.63, 3.8) is 0 Å². The number of fused-ring (bicyclic) bond motifs is 1. The molecule has 2 atom stereocenters. The molecule has 3 rings (SSSR count). The molecule has 1 aliphatic heterocycles. The van der Waals surface area contributed by atoms with Gasteiger partial charge in [0.15, 0.2) is 11.1 Å². The van der Waals surface area contributed by atoms with Gasteiger partial charge < -0.3 is 9.87 Å². The summed E-state index contributed by atoms with van der Waals surface area (Å²) in [6.45, 7) is 0. The SMILES string of the molecule is O=C1NC(c2cccc3ccccc23)CC=C1S(=O)O. The molecule has 0 saturated carbocycles. The van der Waals surface area contributed by atoms with E-state index in [0.717, 1.165) is 16.3 Å². The molecular formula is C15H13NO3S. The molecule has 0 radical (unpaired) electrons. The number of carbonyl (C=O) groups excluding carboxylic acids is 1. The molecule has 2 N–H and O–H groups in total. The molecular weight excluding hydrogens is 274 g/mol. The summed E-state index contributed by atoms with van der Waals surface area (Å²) in [5.74, 6) is -0.477. The number of hydrogen-bond acceptors (Lipinski definition) is 2. The predicted molar refractivity (Wildman–Crippen MR) is 78.3 cm³/mol. The highest BCUT2D eigenvalue weighted by Gasteiger charge is 2.25. The molecule has 2 aromatic rings. The van der Waals surface area contributed by atoms with Crippen LogP contribution in [-0.2, 0) is 15.9 Å². The first-order chi connectivity index (χ1) is 9.66. The van der Waals surface area contributed by atoms with E-state index < -0.39 is 17.0 Å². The van der Waals surface area contributed by atoms with Gasteiger partial charge in [-0.3, -0.25) is 4.79 Å². The third-order valence-corrected chi connectivity index (χ3v) is 4.18. The van der Waals surface area contributed by atoms with Crippen molar-refractivity contribution in [3.8, 4) is 0 Å². The fourth-order valence-electron chi connectivity index (χ4n) is 2.52. The van der Waals surface area contributed by atoms with Gasteiger partial charge in [0.05, 0.1) is 6.04 Å². The zero-order valence-electron chi connectivity index (χ0n) is 10.6.